The smallest absolute Gasteiger partial charge is 0.306 e. The predicted octanol–water partition coefficient (Wildman–Crippen LogP) is -0.437. The zero-order valence-electron chi connectivity index (χ0n) is 8.63. The van der Waals surface area contributed by atoms with Crippen molar-refractivity contribution in [1.82, 2.24) is 0 Å². The van der Waals surface area contributed by atoms with Crippen molar-refractivity contribution in [2.24, 2.45) is 0 Å². The SMILES string of the molecule is CCP(=O)(O)CCC(=O)OCC(O)CO. The number of rotatable bonds is 7. The first-order valence-corrected chi connectivity index (χ1v) is 6.69. The number of ether oxygens (including phenoxy) is 1. The van der Waals surface area contributed by atoms with Crippen molar-refractivity contribution in [2.45, 2.75) is 19.4 Å². The molecule has 0 aromatic carbocycles. The van der Waals surface area contributed by atoms with Gasteiger partial charge < -0.3 is 19.8 Å². The number of esters is 1. The van der Waals surface area contributed by atoms with Gasteiger partial charge in [0, 0.05) is 12.3 Å². The van der Waals surface area contributed by atoms with Gasteiger partial charge in [-0.15, -0.1) is 0 Å². The fourth-order valence-electron chi connectivity index (χ4n) is 0.738. The Hall–Kier alpha value is -0.420. The van der Waals surface area contributed by atoms with Crippen LogP contribution >= 0.6 is 7.37 Å². The summed E-state index contributed by atoms with van der Waals surface area (Å²) in [6.07, 6.45) is -1.24. The van der Waals surface area contributed by atoms with Crippen LogP contribution in [0, 0.1) is 0 Å². The molecule has 0 radical (unpaired) electrons. The molecular weight excluding hydrogens is 223 g/mol. The van der Waals surface area contributed by atoms with Crippen molar-refractivity contribution in [3.8, 4) is 0 Å². The number of carbonyl (C=O) groups excluding carboxylic acids is 1. The second-order valence-corrected chi connectivity index (χ2v) is 5.93. The van der Waals surface area contributed by atoms with E-state index in [1.54, 1.807) is 6.92 Å². The highest BCUT2D eigenvalue weighted by atomic mass is 31.2. The summed E-state index contributed by atoms with van der Waals surface area (Å²) in [6.45, 7) is 0.791. The first kappa shape index (κ1) is 14.6. The molecule has 2 atom stereocenters. The van der Waals surface area contributed by atoms with E-state index in [1.165, 1.54) is 0 Å². The number of hydrogen-bond acceptors (Lipinski definition) is 5. The van der Waals surface area contributed by atoms with E-state index in [0.717, 1.165) is 0 Å². The fourth-order valence-corrected chi connectivity index (χ4v) is 1.59. The van der Waals surface area contributed by atoms with Crippen LogP contribution in [0.3, 0.4) is 0 Å². The minimum absolute atomic E-state index is 0.114. The van der Waals surface area contributed by atoms with Crippen LogP contribution in [0.2, 0.25) is 0 Å². The Morgan fingerprint density at radius 3 is 2.60 bits per heavy atom. The van der Waals surface area contributed by atoms with Crippen LogP contribution in [-0.2, 0) is 14.1 Å². The quantitative estimate of drug-likeness (QED) is 0.412. The monoisotopic (exact) mass is 240 g/mol. The maximum Gasteiger partial charge on any atom is 0.306 e. The lowest BCUT2D eigenvalue weighted by atomic mass is 10.4. The van der Waals surface area contributed by atoms with E-state index < -0.39 is 26.0 Å². The summed E-state index contributed by atoms with van der Waals surface area (Å²) >= 11 is 0. The molecule has 0 bridgehead atoms. The summed E-state index contributed by atoms with van der Waals surface area (Å²) in [5, 5.41) is 17.3. The van der Waals surface area contributed by atoms with Gasteiger partial charge in [-0.05, 0) is 0 Å². The molecule has 0 aromatic rings. The molecule has 0 aliphatic carbocycles. The van der Waals surface area contributed by atoms with Gasteiger partial charge >= 0.3 is 5.97 Å². The molecule has 0 rings (SSSR count). The molecule has 2 unspecified atom stereocenters. The van der Waals surface area contributed by atoms with Crippen molar-refractivity contribution in [3.05, 3.63) is 0 Å². The normalized spacial score (nSPS) is 16.8. The molecule has 3 N–H and O–H groups in total. The fraction of sp³-hybridized carbons (Fsp3) is 0.875. The van der Waals surface area contributed by atoms with E-state index in [2.05, 4.69) is 4.74 Å². The summed E-state index contributed by atoms with van der Waals surface area (Å²) in [5.74, 6) is -0.648. The van der Waals surface area contributed by atoms with Crippen LogP contribution in [-0.4, -0.2) is 52.7 Å². The van der Waals surface area contributed by atoms with Crippen molar-refractivity contribution in [2.75, 3.05) is 25.5 Å². The third-order valence-electron chi connectivity index (χ3n) is 1.81. The van der Waals surface area contributed by atoms with E-state index in [9.17, 15) is 9.36 Å². The van der Waals surface area contributed by atoms with Gasteiger partial charge in [-0.2, -0.15) is 0 Å². The standard InChI is InChI=1S/C8H17O6P/c1-2-15(12,13)4-3-8(11)14-6-7(10)5-9/h7,9-10H,2-6H2,1H3,(H,12,13). The van der Waals surface area contributed by atoms with Crippen LogP contribution in [0.15, 0.2) is 0 Å². The number of hydrogen-bond donors (Lipinski definition) is 3. The lowest BCUT2D eigenvalue weighted by molar-refractivity contribution is -0.146. The van der Waals surface area contributed by atoms with Gasteiger partial charge in [0.1, 0.15) is 12.7 Å². The molecule has 0 saturated carbocycles. The average Bonchev–Trinajstić information content (AvgIpc) is 2.23. The third-order valence-corrected chi connectivity index (χ3v) is 3.72. The van der Waals surface area contributed by atoms with Gasteiger partial charge in [-0.1, -0.05) is 6.92 Å². The van der Waals surface area contributed by atoms with E-state index >= 15 is 0 Å². The summed E-state index contributed by atoms with van der Waals surface area (Å²) in [5.41, 5.74) is 0. The molecule has 90 valence electrons. The second kappa shape index (κ2) is 6.95. The minimum atomic E-state index is -3.19. The van der Waals surface area contributed by atoms with E-state index in [4.69, 9.17) is 15.1 Å². The van der Waals surface area contributed by atoms with Crippen LogP contribution in [0.4, 0.5) is 0 Å². The molecule has 6 nitrogen and oxygen atoms in total. The van der Waals surface area contributed by atoms with Gasteiger partial charge in [-0.25, -0.2) is 0 Å². The third kappa shape index (κ3) is 7.50. The van der Waals surface area contributed by atoms with Gasteiger partial charge in [0.15, 0.2) is 0 Å². The van der Waals surface area contributed by atoms with E-state index in [0.29, 0.717) is 0 Å². The molecule has 15 heavy (non-hydrogen) atoms. The average molecular weight is 240 g/mol. The Morgan fingerprint density at radius 1 is 1.53 bits per heavy atom. The zero-order valence-corrected chi connectivity index (χ0v) is 9.52. The Kier molecular flexibility index (Phi) is 6.76. The second-order valence-electron chi connectivity index (χ2n) is 3.16. The molecule has 0 saturated heterocycles. The molecule has 0 spiro atoms. The molecule has 0 aliphatic heterocycles. The zero-order chi connectivity index (χ0) is 11.9. The topological polar surface area (TPSA) is 104 Å². The van der Waals surface area contributed by atoms with Crippen molar-refractivity contribution < 1.29 is 29.2 Å². The number of carbonyl (C=O) groups is 1. The van der Waals surface area contributed by atoms with Crippen LogP contribution in [0.5, 0.6) is 0 Å². The first-order chi connectivity index (χ1) is 6.91. The Morgan fingerprint density at radius 2 is 2.13 bits per heavy atom. The predicted molar refractivity (Wildman–Crippen MR) is 53.9 cm³/mol. The van der Waals surface area contributed by atoms with Crippen LogP contribution < -0.4 is 0 Å². The number of aliphatic hydroxyl groups excluding tert-OH is 2. The van der Waals surface area contributed by atoms with Crippen molar-refractivity contribution in [1.29, 1.82) is 0 Å². The highest BCUT2D eigenvalue weighted by Crippen LogP contribution is 2.40. The van der Waals surface area contributed by atoms with Gasteiger partial charge in [0.25, 0.3) is 0 Å². The largest absolute Gasteiger partial charge is 0.463 e. The van der Waals surface area contributed by atoms with Crippen molar-refractivity contribution >= 4 is 13.3 Å². The van der Waals surface area contributed by atoms with Gasteiger partial charge in [0.2, 0.25) is 7.37 Å². The van der Waals surface area contributed by atoms with Crippen LogP contribution in [0.25, 0.3) is 0 Å². The first-order valence-electron chi connectivity index (χ1n) is 4.66. The Balaban J connectivity index is 3.72. The van der Waals surface area contributed by atoms with E-state index in [1.807, 2.05) is 0 Å². The number of aliphatic hydroxyl groups is 2. The Bertz CT molecular complexity index is 241. The minimum Gasteiger partial charge on any atom is -0.463 e. The highest BCUT2D eigenvalue weighted by molar-refractivity contribution is 7.57. The summed E-state index contributed by atoms with van der Waals surface area (Å²) in [4.78, 5) is 20.1. The van der Waals surface area contributed by atoms with Crippen LogP contribution in [0.1, 0.15) is 13.3 Å². The molecule has 0 fully saturated rings. The van der Waals surface area contributed by atoms with Crippen molar-refractivity contribution in [3.63, 3.8) is 0 Å². The molecule has 0 heterocycles. The highest BCUT2D eigenvalue weighted by Gasteiger charge is 2.17. The lowest BCUT2D eigenvalue weighted by Gasteiger charge is -2.10. The summed E-state index contributed by atoms with van der Waals surface area (Å²) in [6, 6.07) is 0. The Labute approximate surface area is 88.3 Å². The van der Waals surface area contributed by atoms with E-state index in [-0.39, 0.29) is 25.4 Å². The molecule has 0 amide bonds. The summed E-state index contributed by atoms with van der Waals surface area (Å²) in [7, 11) is -3.19. The molecule has 0 aliphatic rings. The molecule has 7 heteroatoms. The summed E-state index contributed by atoms with van der Waals surface area (Å²) < 4.78 is 15.7. The maximum atomic E-state index is 11.1. The molecular formula is C8H17O6P. The maximum absolute atomic E-state index is 11.1. The van der Waals surface area contributed by atoms with Gasteiger partial charge in [-0.3, -0.25) is 9.36 Å². The lowest BCUT2D eigenvalue weighted by Crippen LogP contribution is -2.22. The van der Waals surface area contributed by atoms with Gasteiger partial charge in [0.05, 0.1) is 13.0 Å². The molecule has 0 aromatic heterocycles.